The van der Waals surface area contributed by atoms with Gasteiger partial charge in [-0.1, -0.05) is 17.3 Å². The Hall–Kier alpha value is -3.24. The number of aromatic nitrogens is 4. The summed E-state index contributed by atoms with van der Waals surface area (Å²) in [7, 11) is -0.603. The van der Waals surface area contributed by atoms with Crippen LogP contribution in [0.15, 0.2) is 47.5 Å². The summed E-state index contributed by atoms with van der Waals surface area (Å²) in [6.45, 7) is 1.95. The monoisotopic (exact) mass is 413 g/mol. The molecular formula is C19H19N5O4S. The Morgan fingerprint density at radius 3 is 2.31 bits per heavy atom. The molecule has 2 aromatic heterocycles. The van der Waals surface area contributed by atoms with Crippen molar-refractivity contribution in [1.29, 1.82) is 0 Å². The number of hydrogen-bond donors (Lipinski definition) is 1. The van der Waals surface area contributed by atoms with Crippen molar-refractivity contribution in [2.75, 3.05) is 14.2 Å². The van der Waals surface area contributed by atoms with Crippen LogP contribution in [0.5, 0.6) is 11.5 Å². The van der Waals surface area contributed by atoms with E-state index in [2.05, 4.69) is 15.3 Å². The van der Waals surface area contributed by atoms with Gasteiger partial charge in [-0.15, -0.1) is 5.10 Å². The average molecular weight is 413 g/mol. The van der Waals surface area contributed by atoms with Crippen molar-refractivity contribution < 1.29 is 17.9 Å². The first-order valence-corrected chi connectivity index (χ1v) is 10.3. The van der Waals surface area contributed by atoms with Crippen LogP contribution in [-0.2, 0) is 10.0 Å². The normalized spacial score (nSPS) is 13.0. The lowest BCUT2D eigenvalue weighted by Gasteiger charge is -2.15. The van der Waals surface area contributed by atoms with Crippen LogP contribution in [0.2, 0.25) is 0 Å². The van der Waals surface area contributed by atoms with E-state index in [-0.39, 0.29) is 10.9 Å². The van der Waals surface area contributed by atoms with E-state index >= 15 is 0 Å². The third kappa shape index (κ3) is 3.26. The summed E-state index contributed by atoms with van der Waals surface area (Å²) in [4.78, 5) is 4.50. The van der Waals surface area contributed by atoms with Gasteiger partial charge in [0.05, 0.1) is 36.9 Å². The highest BCUT2D eigenvalue weighted by molar-refractivity contribution is 7.89. The number of fused-ring (bicyclic) bond motifs is 3. The molecule has 0 bridgehead atoms. The number of nitrogens with zero attached hydrogens (tertiary/aromatic N) is 4. The SMILES string of the molecule is COc1cc2ncc3nnn([C@H](C)c4ccc(S(N)(=O)=O)cc4)c3c2cc1OC. The molecule has 0 aliphatic carbocycles. The lowest BCUT2D eigenvalue weighted by atomic mass is 10.1. The molecular weight excluding hydrogens is 394 g/mol. The van der Waals surface area contributed by atoms with Crippen molar-refractivity contribution in [3.05, 3.63) is 48.2 Å². The first-order chi connectivity index (χ1) is 13.8. The Bertz CT molecular complexity index is 1320. The van der Waals surface area contributed by atoms with Gasteiger partial charge in [0.25, 0.3) is 0 Å². The molecule has 2 aromatic carbocycles. The molecule has 2 N–H and O–H groups in total. The van der Waals surface area contributed by atoms with Crippen molar-refractivity contribution >= 4 is 32.0 Å². The predicted octanol–water partition coefficient (Wildman–Crippen LogP) is 2.25. The maximum Gasteiger partial charge on any atom is 0.238 e. The molecule has 0 fully saturated rings. The number of methoxy groups -OCH3 is 2. The molecule has 0 unspecified atom stereocenters. The van der Waals surface area contributed by atoms with Gasteiger partial charge in [-0.25, -0.2) is 18.2 Å². The maximum absolute atomic E-state index is 11.5. The second-order valence-corrected chi connectivity index (χ2v) is 8.10. The predicted molar refractivity (Wildman–Crippen MR) is 108 cm³/mol. The third-order valence-electron chi connectivity index (χ3n) is 4.86. The number of hydrogen-bond acceptors (Lipinski definition) is 7. The lowest BCUT2D eigenvalue weighted by Crippen LogP contribution is -2.13. The molecule has 0 radical (unpaired) electrons. The third-order valence-corrected chi connectivity index (χ3v) is 5.79. The minimum absolute atomic E-state index is 0.0587. The van der Waals surface area contributed by atoms with E-state index in [4.69, 9.17) is 14.6 Å². The van der Waals surface area contributed by atoms with Crippen molar-refractivity contribution in [3.8, 4) is 11.5 Å². The Balaban J connectivity index is 1.88. The molecule has 0 saturated heterocycles. The summed E-state index contributed by atoms with van der Waals surface area (Å²) >= 11 is 0. The molecule has 0 spiro atoms. The van der Waals surface area contributed by atoms with Crippen molar-refractivity contribution in [2.24, 2.45) is 5.14 Å². The molecule has 9 nitrogen and oxygen atoms in total. The van der Waals surface area contributed by atoms with Crippen LogP contribution in [0.3, 0.4) is 0 Å². The zero-order chi connectivity index (χ0) is 20.8. The number of rotatable bonds is 5. The molecule has 0 aliphatic heterocycles. The molecule has 1 atom stereocenters. The standard InChI is InChI=1S/C19H19N5O4S/c1-11(12-4-6-13(7-5-12)29(20,25)26)24-19-14-8-17(27-2)18(28-3)9-15(14)21-10-16(19)22-23-24/h4-11H,1-3H3,(H2,20,25,26)/t11-/m1/s1. The summed E-state index contributed by atoms with van der Waals surface area (Å²) in [5.74, 6) is 1.16. The highest BCUT2D eigenvalue weighted by atomic mass is 32.2. The van der Waals surface area contributed by atoms with Gasteiger partial charge in [0.2, 0.25) is 10.0 Å². The quantitative estimate of drug-likeness (QED) is 0.532. The van der Waals surface area contributed by atoms with Gasteiger partial charge in [0.15, 0.2) is 11.5 Å². The summed E-state index contributed by atoms with van der Waals surface area (Å²) in [6, 6.07) is 9.82. The summed E-state index contributed by atoms with van der Waals surface area (Å²) < 4.78 is 35.6. The van der Waals surface area contributed by atoms with Crippen LogP contribution in [-0.4, -0.2) is 42.6 Å². The summed E-state index contributed by atoms with van der Waals surface area (Å²) in [5.41, 5.74) is 3.00. The molecule has 29 heavy (non-hydrogen) atoms. The smallest absolute Gasteiger partial charge is 0.238 e. The molecule has 150 valence electrons. The fraction of sp³-hybridized carbons (Fsp3) is 0.211. The fourth-order valence-corrected chi connectivity index (χ4v) is 3.81. The number of nitrogens with two attached hydrogens (primary N) is 1. The fourth-order valence-electron chi connectivity index (χ4n) is 3.30. The van der Waals surface area contributed by atoms with Crippen molar-refractivity contribution in [2.45, 2.75) is 17.9 Å². The summed E-state index contributed by atoms with van der Waals surface area (Å²) in [6.07, 6.45) is 1.66. The van der Waals surface area contributed by atoms with Crippen LogP contribution in [0.25, 0.3) is 21.9 Å². The Morgan fingerprint density at radius 1 is 1.03 bits per heavy atom. The van der Waals surface area contributed by atoms with E-state index in [1.54, 1.807) is 43.3 Å². The van der Waals surface area contributed by atoms with Crippen LogP contribution < -0.4 is 14.6 Å². The van der Waals surface area contributed by atoms with Gasteiger partial charge in [0.1, 0.15) is 11.0 Å². The van der Waals surface area contributed by atoms with E-state index < -0.39 is 10.0 Å². The second-order valence-electron chi connectivity index (χ2n) is 6.54. The van der Waals surface area contributed by atoms with Crippen LogP contribution in [0, 0.1) is 0 Å². The Labute approximate surface area is 167 Å². The molecule has 4 aromatic rings. The summed E-state index contributed by atoms with van der Waals surface area (Å²) in [5, 5.41) is 14.5. The zero-order valence-electron chi connectivity index (χ0n) is 16.0. The van der Waals surface area contributed by atoms with E-state index in [9.17, 15) is 8.42 Å². The van der Waals surface area contributed by atoms with Gasteiger partial charge >= 0.3 is 0 Å². The van der Waals surface area contributed by atoms with Gasteiger partial charge in [-0.05, 0) is 30.7 Å². The zero-order valence-corrected chi connectivity index (χ0v) is 16.8. The number of primary sulfonamides is 1. The molecule has 2 heterocycles. The van der Waals surface area contributed by atoms with E-state index in [0.717, 1.165) is 22.0 Å². The molecule has 10 heteroatoms. The van der Waals surface area contributed by atoms with Crippen LogP contribution in [0.1, 0.15) is 18.5 Å². The highest BCUT2D eigenvalue weighted by Crippen LogP contribution is 2.35. The first kappa shape index (κ1) is 19.1. The number of ether oxygens (including phenoxy) is 2. The topological polar surface area (TPSA) is 122 Å². The van der Waals surface area contributed by atoms with Crippen LogP contribution in [0.4, 0.5) is 0 Å². The average Bonchev–Trinajstić information content (AvgIpc) is 3.16. The van der Waals surface area contributed by atoms with E-state index in [1.807, 2.05) is 13.0 Å². The largest absolute Gasteiger partial charge is 0.493 e. The molecule has 0 saturated carbocycles. The highest BCUT2D eigenvalue weighted by Gasteiger charge is 2.19. The van der Waals surface area contributed by atoms with Crippen LogP contribution >= 0.6 is 0 Å². The van der Waals surface area contributed by atoms with Crippen molar-refractivity contribution in [1.82, 2.24) is 20.0 Å². The molecule has 0 amide bonds. The lowest BCUT2D eigenvalue weighted by molar-refractivity contribution is 0.356. The Morgan fingerprint density at radius 2 is 1.69 bits per heavy atom. The van der Waals surface area contributed by atoms with Gasteiger partial charge < -0.3 is 9.47 Å². The first-order valence-electron chi connectivity index (χ1n) is 8.72. The molecule has 0 aliphatic rings. The van der Waals surface area contributed by atoms with E-state index in [1.165, 1.54) is 12.1 Å². The number of benzene rings is 2. The van der Waals surface area contributed by atoms with Gasteiger partial charge in [0, 0.05) is 11.5 Å². The minimum Gasteiger partial charge on any atom is -0.493 e. The van der Waals surface area contributed by atoms with Gasteiger partial charge in [-0.3, -0.25) is 4.98 Å². The minimum atomic E-state index is -3.75. The maximum atomic E-state index is 11.5. The van der Waals surface area contributed by atoms with Gasteiger partial charge in [-0.2, -0.15) is 0 Å². The van der Waals surface area contributed by atoms with Crippen molar-refractivity contribution in [3.63, 3.8) is 0 Å². The second kappa shape index (κ2) is 6.98. The number of pyridine rings is 1. The Kier molecular flexibility index (Phi) is 4.59. The molecule has 4 rings (SSSR count). The van der Waals surface area contributed by atoms with E-state index in [0.29, 0.717) is 17.0 Å². The number of sulfonamides is 1.